The Morgan fingerprint density at radius 1 is 1.43 bits per heavy atom. The molecule has 1 aliphatic rings. The van der Waals surface area contributed by atoms with Gasteiger partial charge in [-0.05, 0) is 6.92 Å². The fraction of sp³-hybridized carbons (Fsp3) is 0.571. The van der Waals surface area contributed by atoms with Crippen molar-refractivity contribution in [3.8, 4) is 0 Å². The van der Waals surface area contributed by atoms with E-state index in [9.17, 15) is 14.4 Å². The van der Waals surface area contributed by atoms with Gasteiger partial charge in [0, 0.05) is 12.8 Å². The molecule has 0 N–H and O–H groups in total. The van der Waals surface area contributed by atoms with Gasteiger partial charge in [0.1, 0.15) is 0 Å². The van der Waals surface area contributed by atoms with Crippen LogP contribution < -0.4 is 0 Å². The molecule has 0 saturated carbocycles. The summed E-state index contributed by atoms with van der Waals surface area (Å²) in [5.74, 6) is -1.12. The molecule has 1 fully saturated rings. The number of hydroxylamine groups is 2. The second-order valence-electron chi connectivity index (χ2n) is 2.58. The number of ether oxygens (including phenoxy) is 1. The molecule has 1 saturated heterocycles. The Labute approximate surface area is 84.7 Å². The Morgan fingerprint density at radius 2 is 1.93 bits per heavy atom. The van der Waals surface area contributed by atoms with Crippen LogP contribution in [0.15, 0.2) is 0 Å². The highest BCUT2D eigenvalue weighted by molar-refractivity contribution is 6.19. The maximum atomic E-state index is 10.9. The summed E-state index contributed by atoms with van der Waals surface area (Å²) < 4.78 is 4.37. The van der Waals surface area contributed by atoms with Crippen molar-refractivity contribution in [2.24, 2.45) is 0 Å². The normalized spacial score (nSPS) is 18.3. The molecule has 0 radical (unpaired) electrons. The molecule has 6 nitrogen and oxygen atoms in total. The van der Waals surface area contributed by atoms with Gasteiger partial charge in [-0.25, -0.2) is 4.79 Å². The van der Waals surface area contributed by atoms with Gasteiger partial charge in [-0.3, -0.25) is 14.4 Å². The van der Waals surface area contributed by atoms with E-state index < -0.39 is 23.5 Å². The lowest BCUT2D eigenvalue weighted by Gasteiger charge is -2.12. The molecular formula is C7H8ClNO5. The smallest absolute Gasteiger partial charge is 0.413 e. The molecule has 0 aromatic rings. The van der Waals surface area contributed by atoms with E-state index >= 15 is 0 Å². The number of amides is 2. The molecule has 1 atom stereocenters. The molecule has 1 heterocycles. The number of hydrogen-bond acceptors (Lipinski definition) is 5. The SMILES string of the molecule is CC(Cl)OC(=O)ON1C(=O)CCC1=O. The van der Waals surface area contributed by atoms with E-state index in [0.717, 1.165) is 0 Å². The molecule has 0 aliphatic carbocycles. The lowest BCUT2D eigenvalue weighted by Crippen LogP contribution is -2.32. The standard InChI is InChI=1S/C7H8ClNO5/c1-4(8)13-7(12)14-9-5(10)2-3-6(9)11/h4H,2-3H2,1H3. The topological polar surface area (TPSA) is 72.9 Å². The second kappa shape index (κ2) is 4.28. The van der Waals surface area contributed by atoms with E-state index in [-0.39, 0.29) is 12.8 Å². The number of alkyl halides is 1. The van der Waals surface area contributed by atoms with Crippen molar-refractivity contribution in [2.75, 3.05) is 0 Å². The zero-order chi connectivity index (χ0) is 10.7. The van der Waals surface area contributed by atoms with Crippen molar-refractivity contribution in [1.29, 1.82) is 0 Å². The van der Waals surface area contributed by atoms with Crippen LogP contribution in [-0.2, 0) is 19.2 Å². The van der Waals surface area contributed by atoms with Crippen molar-refractivity contribution in [3.05, 3.63) is 0 Å². The third kappa shape index (κ3) is 2.59. The molecule has 1 aliphatic heterocycles. The van der Waals surface area contributed by atoms with Gasteiger partial charge in [-0.15, -0.1) is 0 Å². The van der Waals surface area contributed by atoms with Crippen molar-refractivity contribution >= 4 is 29.6 Å². The van der Waals surface area contributed by atoms with E-state index in [2.05, 4.69) is 9.57 Å². The Morgan fingerprint density at radius 3 is 2.36 bits per heavy atom. The second-order valence-corrected chi connectivity index (χ2v) is 3.20. The Balaban J connectivity index is 2.47. The number of nitrogens with zero attached hydrogens (tertiary/aromatic N) is 1. The van der Waals surface area contributed by atoms with Crippen LogP contribution in [0.3, 0.4) is 0 Å². The van der Waals surface area contributed by atoms with Crippen LogP contribution in [0.5, 0.6) is 0 Å². The van der Waals surface area contributed by atoms with Crippen LogP contribution in [0.25, 0.3) is 0 Å². The maximum Gasteiger partial charge on any atom is 0.535 e. The molecule has 0 spiro atoms. The number of carbonyl (C=O) groups is 3. The molecule has 1 unspecified atom stereocenters. The Bertz CT molecular complexity index is 261. The third-order valence-corrected chi connectivity index (χ3v) is 1.52. The predicted molar refractivity (Wildman–Crippen MR) is 44.0 cm³/mol. The van der Waals surface area contributed by atoms with Crippen LogP contribution >= 0.6 is 11.6 Å². The van der Waals surface area contributed by atoms with Gasteiger partial charge in [0.15, 0.2) is 5.56 Å². The first-order valence-corrected chi connectivity index (χ1v) is 4.33. The summed E-state index contributed by atoms with van der Waals surface area (Å²) in [5.41, 5.74) is -0.879. The minimum absolute atomic E-state index is 0.0442. The van der Waals surface area contributed by atoms with Crippen LogP contribution in [0, 0.1) is 0 Å². The third-order valence-electron chi connectivity index (χ3n) is 1.43. The number of halogens is 1. The highest BCUT2D eigenvalue weighted by Crippen LogP contribution is 2.13. The average molecular weight is 222 g/mol. The van der Waals surface area contributed by atoms with Crippen molar-refractivity contribution in [3.63, 3.8) is 0 Å². The van der Waals surface area contributed by atoms with Gasteiger partial charge in [-0.2, -0.15) is 0 Å². The number of rotatable bonds is 2. The van der Waals surface area contributed by atoms with E-state index in [0.29, 0.717) is 5.06 Å². The molecule has 0 aromatic carbocycles. The quantitative estimate of drug-likeness (QED) is 0.392. The number of imide groups is 1. The van der Waals surface area contributed by atoms with E-state index in [1.54, 1.807) is 0 Å². The number of hydrogen-bond donors (Lipinski definition) is 0. The Kier molecular flexibility index (Phi) is 3.29. The van der Waals surface area contributed by atoms with E-state index in [1.165, 1.54) is 6.92 Å². The lowest BCUT2D eigenvalue weighted by atomic mass is 10.4. The summed E-state index contributed by atoms with van der Waals surface area (Å²) in [6, 6.07) is 0. The van der Waals surface area contributed by atoms with Crippen molar-refractivity contribution < 1.29 is 24.0 Å². The minimum atomic E-state index is -1.17. The molecule has 2 amide bonds. The zero-order valence-corrected chi connectivity index (χ0v) is 8.11. The van der Waals surface area contributed by atoms with Gasteiger partial charge in [0.25, 0.3) is 11.8 Å². The fourth-order valence-corrected chi connectivity index (χ4v) is 0.959. The summed E-state index contributed by atoms with van der Waals surface area (Å²) in [4.78, 5) is 37.1. The van der Waals surface area contributed by atoms with Crippen LogP contribution in [0.2, 0.25) is 0 Å². The molecule has 78 valence electrons. The van der Waals surface area contributed by atoms with Crippen molar-refractivity contribution in [1.82, 2.24) is 5.06 Å². The Hall–Kier alpha value is -1.30. The van der Waals surface area contributed by atoms with Crippen LogP contribution in [0.4, 0.5) is 4.79 Å². The molecule has 0 bridgehead atoms. The van der Waals surface area contributed by atoms with E-state index in [1.807, 2.05) is 0 Å². The number of carbonyl (C=O) groups excluding carboxylic acids is 3. The molecule has 1 rings (SSSR count). The predicted octanol–water partition coefficient (Wildman–Crippen LogP) is 0.788. The molecule has 14 heavy (non-hydrogen) atoms. The van der Waals surface area contributed by atoms with Gasteiger partial charge in [0.05, 0.1) is 0 Å². The largest absolute Gasteiger partial charge is 0.535 e. The van der Waals surface area contributed by atoms with E-state index in [4.69, 9.17) is 11.6 Å². The van der Waals surface area contributed by atoms with Gasteiger partial charge in [-0.1, -0.05) is 16.7 Å². The van der Waals surface area contributed by atoms with Gasteiger partial charge in [0.2, 0.25) is 0 Å². The zero-order valence-electron chi connectivity index (χ0n) is 7.36. The summed E-state index contributed by atoms with van der Waals surface area (Å²) in [6.45, 7) is 1.40. The first-order valence-electron chi connectivity index (χ1n) is 3.89. The first kappa shape index (κ1) is 10.8. The molecule has 7 heteroatoms. The van der Waals surface area contributed by atoms with Gasteiger partial charge >= 0.3 is 6.16 Å². The first-order chi connectivity index (χ1) is 6.50. The summed E-state index contributed by atoms with van der Waals surface area (Å²) in [6.07, 6.45) is -1.08. The minimum Gasteiger partial charge on any atom is -0.413 e. The monoisotopic (exact) mass is 221 g/mol. The van der Waals surface area contributed by atoms with Crippen molar-refractivity contribution in [2.45, 2.75) is 25.3 Å². The summed E-state index contributed by atoms with van der Waals surface area (Å²) >= 11 is 5.32. The average Bonchev–Trinajstić information content (AvgIpc) is 2.34. The lowest BCUT2D eigenvalue weighted by molar-refractivity contribution is -0.177. The highest BCUT2D eigenvalue weighted by Gasteiger charge is 2.33. The molecule has 0 aromatic heterocycles. The fourth-order valence-electron chi connectivity index (χ4n) is 0.887. The molecular weight excluding hydrogens is 214 g/mol. The maximum absolute atomic E-state index is 10.9. The van der Waals surface area contributed by atoms with Crippen LogP contribution in [0.1, 0.15) is 19.8 Å². The van der Waals surface area contributed by atoms with Gasteiger partial charge < -0.3 is 4.74 Å². The highest BCUT2D eigenvalue weighted by atomic mass is 35.5. The summed E-state index contributed by atoms with van der Waals surface area (Å²) in [7, 11) is 0. The summed E-state index contributed by atoms with van der Waals surface area (Å²) in [5, 5.41) is 0.390. The van der Waals surface area contributed by atoms with Crippen LogP contribution in [-0.4, -0.2) is 28.6 Å².